The van der Waals surface area contributed by atoms with E-state index in [1.165, 1.54) is 4.90 Å². The van der Waals surface area contributed by atoms with Crippen molar-refractivity contribution in [2.24, 2.45) is 0 Å². The summed E-state index contributed by atoms with van der Waals surface area (Å²) in [6.45, 7) is 6.80. The van der Waals surface area contributed by atoms with Gasteiger partial charge in [-0.2, -0.15) is 0 Å². The fourth-order valence-electron chi connectivity index (χ4n) is 3.44. The van der Waals surface area contributed by atoms with Gasteiger partial charge >= 0.3 is 0 Å². The van der Waals surface area contributed by atoms with Gasteiger partial charge < -0.3 is 19.2 Å². The molecule has 1 saturated heterocycles. The molecule has 29 heavy (non-hydrogen) atoms. The largest absolute Gasteiger partial charge is 0.507 e. The SMILES string of the molecule is CCCCN1C(=O)C(=O)/C(=C(\O)c2cccc(OCCC)c2)C1c1ccc(C)o1. The summed E-state index contributed by atoms with van der Waals surface area (Å²) in [6.07, 6.45) is 2.49. The van der Waals surface area contributed by atoms with Gasteiger partial charge in [0, 0.05) is 12.1 Å². The molecule has 6 nitrogen and oxygen atoms in total. The van der Waals surface area contributed by atoms with Crippen LogP contribution in [-0.4, -0.2) is 34.8 Å². The predicted molar refractivity (Wildman–Crippen MR) is 110 cm³/mol. The quantitative estimate of drug-likeness (QED) is 0.400. The molecular weight excluding hydrogens is 370 g/mol. The average molecular weight is 397 g/mol. The van der Waals surface area contributed by atoms with Crippen LogP contribution in [0.2, 0.25) is 0 Å². The number of ether oxygens (including phenoxy) is 1. The maximum atomic E-state index is 12.9. The third-order valence-corrected chi connectivity index (χ3v) is 4.90. The third-order valence-electron chi connectivity index (χ3n) is 4.90. The van der Waals surface area contributed by atoms with Crippen LogP contribution in [0.5, 0.6) is 5.75 Å². The van der Waals surface area contributed by atoms with Crippen LogP contribution in [0.4, 0.5) is 0 Å². The molecule has 0 aliphatic carbocycles. The fourth-order valence-corrected chi connectivity index (χ4v) is 3.44. The Morgan fingerprint density at radius 2 is 1.97 bits per heavy atom. The van der Waals surface area contributed by atoms with Crippen molar-refractivity contribution in [1.29, 1.82) is 0 Å². The Kier molecular flexibility index (Phi) is 6.42. The van der Waals surface area contributed by atoms with Gasteiger partial charge in [0.15, 0.2) is 0 Å². The van der Waals surface area contributed by atoms with Crippen LogP contribution in [0.25, 0.3) is 5.76 Å². The summed E-state index contributed by atoms with van der Waals surface area (Å²) in [5.41, 5.74) is 0.480. The van der Waals surface area contributed by atoms with Gasteiger partial charge in [-0.3, -0.25) is 9.59 Å². The number of aliphatic hydroxyl groups excluding tert-OH is 1. The highest BCUT2D eigenvalue weighted by Gasteiger charge is 2.47. The van der Waals surface area contributed by atoms with Gasteiger partial charge in [0.2, 0.25) is 0 Å². The first-order valence-electron chi connectivity index (χ1n) is 10.1. The van der Waals surface area contributed by atoms with Gasteiger partial charge in [-0.05, 0) is 44.0 Å². The molecule has 1 aliphatic rings. The molecule has 1 N–H and O–H groups in total. The first-order valence-corrected chi connectivity index (χ1v) is 10.1. The van der Waals surface area contributed by atoms with Crippen molar-refractivity contribution in [2.45, 2.75) is 46.1 Å². The van der Waals surface area contributed by atoms with E-state index in [-0.39, 0.29) is 11.3 Å². The molecule has 1 unspecified atom stereocenters. The Labute approximate surface area is 170 Å². The van der Waals surface area contributed by atoms with Gasteiger partial charge in [-0.25, -0.2) is 0 Å². The molecule has 1 fully saturated rings. The number of aryl methyl sites for hydroxylation is 1. The zero-order chi connectivity index (χ0) is 21.0. The number of furan rings is 1. The van der Waals surface area contributed by atoms with Crippen LogP contribution in [0.15, 0.2) is 46.4 Å². The number of hydrogen-bond donors (Lipinski definition) is 1. The van der Waals surface area contributed by atoms with Crippen LogP contribution in [-0.2, 0) is 9.59 Å². The van der Waals surface area contributed by atoms with Gasteiger partial charge in [0.25, 0.3) is 11.7 Å². The lowest BCUT2D eigenvalue weighted by Gasteiger charge is -2.23. The Bertz CT molecular complexity index is 927. The number of carbonyl (C=O) groups excluding carboxylic acids is 2. The maximum Gasteiger partial charge on any atom is 0.295 e. The molecule has 2 aromatic rings. The molecule has 3 rings (SSSR count). The van der Waals surface area contributed by atoms with Crippen LogP contribution in [0.3, 0.4) is 0 Å². The summed E-state index contributed by atoms with van der Waals surface area (Å²) in [7, 11) is 0. The van der Waals surface area contributed by atoms with Crippen molar-refractivity contribution in [3.63, 3.8) is 0 Å². The summed E-state index contributed by atoms with van der Waals surface area (Å²) in [5, 5.41) is 11.0. The topological polar surface area (TPSA) is 80.0 Å². The number of benzene rings is 1. The van der Waals surface area contributed by atoms with E-state index in [2.05, 4.69) is 0 Å². The van der Waals surface area contributed by atoms with Gasteiger partial charge in [0.05, 0.1) is 12.2 Å². The number of likely N-dealkylation sites (tertiary alicyclic amines) is 1. The molecule has 0 radical (unpaired) electrons. The number of unbranched alkanes of at least 4 members (excludes halogenated alkanes) is 1. The number of aliphatic hydroxyl groups is 1. The van der Waals surface area contributed by atoms with E-state index in [4.69, 9.17) is 9.15 Å². The Morgan fingerprint density at radius 1 is 1.17 bits per heavy atom. The van der Waals surface area contributed by atoms with E-state index in [1.807, 2.05) is 13.8 Å². The average Bonchev–Trinajstić information content (AvgIpc) is 3.26. The lowest BCUT2D eigenvalue weighted by Crippen LogP contribution is -2.30. The number of Topliss-reactive ketones (excluding diaryl/α,β-unsaturated/α-hetero) is 1. The molecular formula is C23H27NO5. The van der Waals surface area contributed by atoms with Crippen molar-refractivity contribution in [1.82, 2.24) is 4.90 Å². The lowest BCUT2D eigenvalue weighted by atomic mass is 9.99. The fraction of sp³-hybridized carbons (Fsp3) is 0.391. The van der Waals surface area contributed by atoms with E-state index >= 15 is 0 Å². The molecule has 0 bridgehead atoms. The Balaban J connectivity index is 2.08. The smallest absolute Gasteiger partial charge is 0.295 e. The standard InChI is InChI=1S/C23H27NO5/c1-4-6-12-24-20(18-11-10-15(3)29-18)19(22(26)23(24)27)21(25)16-8-7-9-17(14-16)28-13-5-2/h7-11,14,20,25H,4-6,12-13H2,1-3H3/b21-19-. The predicted octanol–water partition coefficient (Wildman–Crippen LogP) is 4.60. The van der Waals surface area contributed by atoms with Crippen molar-refractivity contribution in [2.75, 3.05) is 13.2 Å². The monoisotopic (exact) mass is 397 g/mol. The van der Waals surface area contributed by atoms with Crippen molar-refractivity contribution in [3.8, 4) is 5.75 Å². The van der Waals surface area contributed by atoms with Gasteiger partial charge in [-0.15, -0.1) is 0 Å². The highest BCUT2D eigenvalue weighted by atomic mass is 16.5. The van der Waals surface area contributed by atoms with E-state index < -0.39 is 17.7 Å². The second-order valence-electron chi connectivity index (χ2n) is 7.17. The van der Waals surface area contributed by atoms with E-state index in [1.54, 1.807) is 43.3 Å². The van der Waals surface area contributed by atoms with E-state index in [9.17, 15) is 14.7 Å². The number of rotatable bonds is 8. The van der Waals surface area contributed by atoms with Crippen molar-refractivity contribution < 1.29 is 23.8 Å². The number of hydrogen-bond acceptors (Lipinski definition) is 5. The molecule has 1 atom stereocenters. The second kappa shape index (κ2) is 8.99. The summed E-state index contributed by atoms with van der Waals surface area (Å²) >= 11 is 0. The summed E-state index contributed by atoms with van der Waals surface area (Å²) in [5.74, 6) is 0.216. The van der Waals surface area contributed by atoms with Crippen molar-refractivity contribution in [3.05, 3.63) is 59.1 Å². The number of carbonyl (C=O) groups is 2. The summed E-state index contributed by atoms with van der Waals surface area (Å²) in [6, 6.07) is 9.70. The van der Waals surface area contributed by atoms with E-state index in [0.717, 1.165) is 19.3 Å². The van der Waals surface area contributed by atoms with Gasteiger partial charge in [0.1, 0.15) is 29.1 Å². The van der Waals surface area contributed by atoms with Crippen LogP contribution in [0, 0.1) is 6.92 Å². The molecule has 0 spiro atoms. The summed E-state index contributed by atoms with van der Waals surface area (Å²) < 4.78 is 11.4. The van der Waals surface area contributed by atoms with Crippen molar-refractivity contribution >= 4 is 17.4 Å². The van der Waals surface area contributed by atoms with Crippen LogP contribution < -0.4 is 4.74 Å². The van der Waals surface area contributed by atoms with Crippen LogP contribution in [0.1, 0.15) is 56.2 Å². The zero-order valence-electron chi connectivity index (χ0n) is 17.1. The Hall–Kier alpha value is -3.02. The molecule has 154 valence electrons. The molecule has 0 saturated carbocycles. The number of nitrogens with zero attached hydrogens (tertiary/aromatic N) is 1. The first-order chi connectivity index (χ1) is 14.0. The third kappa shape index (κ3) is 4.21. The molecule has 1 aromatic carbocycles. The lowest BCUT2D eigenvalue weighted by molar-refractivity contribution is -0.140. The molecule has 6 heteroatoms. The van der Waals surface area contributed by atoms with Gasteiger partial charge in [-0.1, -0.05) is 32.4 Å². The van der Waals surface area contributed by atoms with Crippen LogP contribution >= 0.6 is 0 Å². The molecule has 1 aromatic heterocycles. The minimum atomic E-state index is -0.740. The maximum absolute atomic E-state index is 12.9. The second-order valence-corrected chi connectivity index (χ2v) is 7.17. The minimum absolute atomic E-state index is 0.0492. The minimum Gasteiger partial charge on any atom is -0.507 e. The Morgan fingerprint density at radius 3 is 2.62 bits per heavy atom. The molecule has 1 amide bonds. The molecule has 1 aliphatic heterocycles. The highest BCUT2D eigenvalue weighted by Crippen LogP contribution is 2.40. The molecule has 2 heterocycles. The first kappa shape index (κ1) is 20.7. The highest BCUT2D eigenvalue weighted by molar-refractivity contribution is 6.46. The number of amides is 1. The zero-order valence-corrected chi connectivity index (χ0v) is 17.1. The summed E-state index contributed by atoms with van der Waals surface area (Å²) in [4.78, 5) is 27.1. The normalized spacial score (nSPS) is 18.4. The number of ketones is 1. The van der Waals surface area contributed by atoms with E-state index in [0.29, 0.717) is 36.0 Å².